The summed E-state index contributed by atoms with van der Waals surface area (Å²) in [5.74, 6) is 1.78. The molecule has 1 aromatic heterocycles. The third-order valence-corrected chi connectivity index (χ3v) is 3.81. The number of hydrogen-bond donors (Lipinski definition) is 2. The summed E-state index contributed by atoms with van der Waals surface area (Å²) in [4.78, 5) is 4.44. The zero-order valence-corrected chi connectivity index (χ0v) is 10.9. The number of nitrogens with zero attached hydrogens (tertiary/aromatic N) is 1. The Labute approximate surface area is 101 Å². The maximum Gasteiger partial charge on any atom is 0.125 e. The van der Waals surface area contributed by atoms with Crippen LogP contribution in [0.1, 0.15) is 31.5 Å². The molecule has 0 bridgehead atoms. The summed E-state index contributed by atoms with van der Waals surface area (Å²) in [6, 6.07) is 3.77. The molecule has 3 nitrogen and oxygen atoms in total. The lowest BCUT2D eigenvalue weighted by Gasteiger charge is -2.10. The summed E-state index contributed by atoms with van der Waals surface area (Å²) >= 11 is 1.69. The van der Waals surface area contributed by atoms with Gasteiger partial charge in [-0.05, 0) is 25.0 Å². The number of amidine groups is 1. The minimum absolute atomic E-state index is 0.0964. The van der Waals surface area contributed by atoms with Crippen LogP contribution in [0.25, 0.3) is 0 Å². The minimum Gasteiger partial charge on any atom is -0.384 e. The number of aromatic nitrogens is 1. The van der Waals surface area contributed by atoms with E-state index in [1.54, 1.807) is 11.8 Å². The number of aryl methyl sites for hydroxylation is 1. The summed E-state index contributed by atoms with van der Waals surface area (Å²) in [5, 5.41) is 8.38. The number of nitrogens with one attached hydrogen (secondary N) is 1. The van der Waals surface area contributed by atoms with E-state index in [-0.39, 0.29) is 5.84 Å². The Morgan fingerprint density at radius 1 is 1.56 bits per heavy atom. The third-order valence-electron chi connectivity index (χ3n) is 2.49. The topological polar surface area (TPSA) is 62.8 Å². The van der Waals surface area contributed by atoms with Crippen molar-refractivity contribution in [1.82, 2.24) is 4.98 Å². The molecule has 1 atom stereocenters. The van der Waals surface area contributed by atoms with Crippen LogP contribution >= 0.6 is 11.8 Å². The Morgan fingerprint density at radius 3 is 2.81 bits per heavy atom. The van der Waals surface area contributed by atoms with E-state index in [1.165, 1.54) is 0 Å². The van der Waals surface area contributed by atoms with Crippen molar-refractivity contribution in [1.29, 1.82) is 5.41 Å². The normalized spacial score (nSPS) is 12.4. The number of nitrogen functional groups attached to an aromatic ring is 1. The summed E-state index contributed by atoms with van der Waals surface area (Å²) < 4.78 is 0. The van der Waals surface area contributed by atoms with Crippen molar-refractivity contribution in [3.63, 3.8) is 0 Å². The minimum atomic E-state index is 0.0964. The van der Waals surface area contributed by atoms with E-state index in [4.69, 9.17) is 11.1 Å². The van der Waals surface area contributed by atoms with Crippen LogP contribution in [0.5, 0.6) is 0 Å². The summed E-state index contributed by atoms with van der Waals surface area (Å²) in [5.41, 5.74) is 7.25. The highest BCUT2D eigenvalue weighted by Gasteiger charge is 2.09. The number of pyridine rings is 1. The molecule has 0 aliphatic heterocycles. The molecule has 0 saturated heterocycles. The lowest BCUT2D eigenvalue weighted by molar-refractivity contribution is 0.636. The Morgan fingerprint density at radius 2 is 2.25 bits per heavy atom. The molecule has 1 heterocycles. The van der Waals surface area contributed by atoms with E-state index in [1.807, 2.05) is 19.1 Å². The third kappa shape index (κ3) is 3.52. The van der Waals surface area contributed by atoms with Gasteiger partial charge in [0.2, 0.25) is 0 Å². The van der Waals surface area contributed by atoms with E-state index in [0.29, 0.717) is 5.92 Å². The standard InChI is InChI=1S/C12H19N3S/c1-4-8(2)7-16-12-10(11(13)14)6-5-9(3)15-12/h5-6,8H,4,7H2,1-3H3,(H3,13,14). The fourth-order valence-corrected chi connectivity index (χ4v) is 2.41. The van der Waals surface area contributed by atoms with E-state index in [2.05, 4.69) is 18.8 Å². The van der Waals surface area contributed by atoms with E-state index in [9.17, 15) is 0 Å². The predicted octanol–water partition coefficient (Wildman–Crippen LogP) is 2.81. The Hall–Kier alpha value is -1.03. The van der Waals surface area contributed by atoms with Crippen LogP contribution in [0.4, 0.5) is 0 Å². The van der Waals surface area contributed by atoms with Crippen molar-refractivity contribution in [2.45, 2.75) is 32.2 Å². The molecule has 0 spiro atoms. The van der Waals surface area contributed by atoms with Gasteiger partial charge in [-0.3, -0.25) is 5.41 Å². The maximum atomic E-state index is 7.50. The number of thioether (sulfide) groups is 1. The van der Waals surface area contributed by atoms with Gasteiger partial charge in [0, 0.05) is 17.0 Å². The zero-order valence-electron chi connectivity index (χ0n) is 10.1. The largest absolute Gasteiger partial charge is 0.384 e. The second-order valence-corrected chi connectivity index (χ2v) is 5.05. The van der Waals surface area contributed by atoms with Crippen LogP contribution in [0.15, 0.2) is 17.2 Å². The second-order valence-electron chi connectivity index (χ2n) is 4.04. The number of rotatable bonds is 5. The van der Waals surface area contributed by atoms with Gasteiger partial charge in [-0.1, -0.05) is 20.3 Å². The SMILES string of the molecule is CCC(C)CSc1nc(C)ccc1C(=N)N. The van der Waals surface area contributed by atoms with Crippen molar-refractivity contribution >= 4 is 17.6 Å². The highest BCUT2D eigenvalue weighted by atomic mass is 32.2. The van der Waals surface area contributed by atoms with Crippen molar-refractivity contribution < 1.29 is 0 Å². The summed E-state index contributed by atoms with van der Waals surface area (Å²) in [6.07, 6.45) is 1.16. The predicted molar refractivity (Wildman–Crippen MR) is 70.2 cm³/mol. The van der Waals surface area contributed by atoms with Crippen LogP contribution in [-0.2, 0) is 0 Å². The molecule has 88 valence electrons. The van der Waals surface area contributed by atoms with E-state index >= 15 is 0 Å². The number of hydrogen-bond acceptors (Lipinski definition) is 3. The summed E-state index contributed by atoms with van der Waals surface area (Å²) in [7, 11) is 0. The van der Waals surface area contributed by atoms with Crippen LogP contribution in [0.2, 0.25) is 0 Å². The fourth-order valence-electron chi connectivity index (χ4n) is 1.19. The Bertz CT molecular complexity index is 377. The first-order valence-corrected chi connectivity index (χ1v) is 6.48. The van der Waals surface area contributed by atoms with E-state index in [0.717, 1.165) is 28.5 Å². The molecule has 3 N–H and O–H groups in total. The molecule has 0 aliphatic carbocycles. The fraction of sp³-hybridized carbons (Fsp3) is 0.500. The average Bonchev–Trinajstić information content (AvgIpc) is 2.25. The highest BCUT2D eigenvalue weighted by Crippen LogP contribution is 2.23. The quantitative estimate of drug-likeness (QED) is 0.470. The highest BCUT2D eigenvalue weighted by molar-refractivity contribution is 7.99. The average molecular weight is 237 g/mol. The van der Waals surface area contributed by atoms with Gasteiger partial charge in [-0.2, -0.15) is 0 Å². The van der Waals surface area contributed by atoms with Crippen molar-refractivity contribution in [2.75, 3.05) is 5.75 Å². The molecule has 1 unspecified atom stereocenters. The van der Waals surface area contributed by atoms with Crippen LogP contribution in [0, 0.1) is 18.3 Å². The smallest absolute Gasteiger partial charge is 0.125 e. The van der Waals surface area contributed by atoms with Crippen molar-refractivity contribution in [3.05, 3.63) is 23.4 Å². The molecule has 0 amide bonds. The van der Waals surface area contributed by atoms with Crippen LogP contribution in [0.3, 0.4) is 0 Å². The molecule has 0 aliphatic rings. The van der Waals surface area contributed by atoms with Gasteiger partial charge in [0.25, 0.3) is 0 Å². The maximum absolute atomic E-state index is 7.50. The molecule has 0 saturated carbocycles. The zero-order chi connectivity index (χ0) is 12.1. The first-order valence-electron chi connectivity index (χ1n) is 5.49. The molecule has 0 radical (unpaired) electrons. The Kier molecular flexibility index (Phi) is 4.80. The Balaban J connectivity index is 2.84. The first kappa shape index (κ1) is 13.0. The molecule has 4 heteroatoms. The van der Waals surface area contributed by atoms with Gasteiger partial charge in [-0.25, -0.2) is 4.98 Å². The van der Waals surface area contributed by atoms with Gasteiger partial charge < -0.3 is 5.73 Å². The molecular weight excluding hydrogens is 218 g/mol. The number of nitrogens with two attached hydrogens (primary N) is 1. The van der Waals surface area contributed by atoms with Crippen LogP contribution < -0.4 is 5.73 Å². The molecule has 0 fully saturated rings. The molecule has 1 rings (SSSR count). The summed E-state index contributed by atoms with van der Waals surface area (Å²) in [6.45, 7) is 6.36. The van der Waals surface area contributed by atoms with Crippen molar-refractivity contribution in [2.24, 2.45) is 11.7 Å². The lowest BCUT2D eigenvalue weighted by atomic mass is 10.2. The monoisotopic (exact) mass is 237 g/mol. The second kappa shape index (κ2) is 5.89. The molecule has 1 aromatic rings. The molecule has 16 heavy (non-hydrogen) atoms. The van der Waals surface area contributed by atoms with Crippen molar-refractivity contribution in [3.8, 4) is 0 Å². The lowest BCUT2D eigenvalue weighted by Crippen LogP contribution is -2.13. The van der Waals surface area contributed by atoms with Crippen LogP contribution in [-0.4, -0.2) is 16.6 Å². The van der Waals surface area contributed by atoms with Gasteiger partial charge >= 0.3 is 0 Å². The molecule has 0 aromatic carbocycles. The van der Waals surface area contributed by atoms with Gasteiger partial charge in [0.15, 0.2) is 0 Å². The first-order chi connectivity index (χ1) is 7.54. The van der Waals surface area contributed by atoms with Gasteiger partial charge in [0.05, 0.1) is 0 Å². The van der Waals surface area contributed by atoms with Gasteiger partial charge in [-0.15, -0.1) is 11.8 Å². The van der Waals surface area contributed by atoms with Gasteiger partial charge in [0.1, 0.15) is 10.9 Å². The van der Waals surface area contributed by atoms with E-state index < -0.39 is 0 Å². The molecular formula is C12H19N3S.